The fraction of sp³-hybridized carbons (Fsp3) is 0. The minimum atomic E-state index is -1.07. The first-order valence-corrected chi connectivity index (χ1v) is 7.38. The molecule has 2 rings (SSSR count). The van der Waals surface area contributed by atoms with Gasteiger partial charge in [0.1, 0.15) is 11.6 Å². The van der Waals surface area contributed by atoms with E-state index in [2.05, 4.69) is 5.32 Å². The van der Waals surface area contributed by atoms with Crippen molar-refractivity contribution in [2.24, 2.45) is 0 Å². The average Bonchev–Trinajstić information content (AvgIpc) is 2.54. The monoisotopic (exact) mass is 360 g/mol. The molecule has 120 valence electrons. The normalized spacial score (nSPS) is 10.8. The van der Waals surface area contributed by atoms with Gasteiger partial charge in [0, 0.05) is 15.7 Å². The Hall–Kier alpha value is -2.81. The van der Waals surface area contributed by atoms with E-state index < -0.39 is 11.9 Å². The van der Waals surface area contributed by atoms with Crippen LogP contribution in [0.15, 0.2) is 48.0 Å². The molecule has 0 aromatic heterocycles. The Bertz CT molecular complexity index is 868. The van der Waals surface area contributed by atoms with Crippen LogP contribution in [0.1, 0.15) is 15.9 Å². The first-order chi connectivity index (χ1) is 11.4. The maximum atomic E-state index is 12.2. The third kappa shape index (κ3) is 4.35. The molecule has 1 amide bonds. The maximum absolute atomic E-state index is 12.2. The van der Waals surface area contributed by atoms with Gasteiger partial charge in [-0.05, 0) is 48.0 Å². The highest BCUT2D eigenvalue weighted by atomic mass is 35.5. The lowest BCUT2D eigenvalue weighted by molar-refractivity contribution is -0.112. The van der Waals surface area contributed by atoms with Crippen molar-refractivity contribution in [3.05, 3.63) is 69.2 Å². The fourth-order valence-electron chi connectivity index (χ4n) is 1.82. The molecule has 0 radical (unpaired) electrons. The standard InChI is InChI=1S/C17H10Cl2N2O3/c18-13-4-1-11(15(19)8-13)7-12(9-20)16(22)21-14-5-2-10(3-6-14)17(23)24/h1-8H,(H,21,22)(H,23,24). The van der Waals surface area contributed by atoms with Crippen LogP contribution in [0, 0.1) is 11.3 Å². The Morgan fingerprint density at radius 2 is 1.79 bits per heavy atom. The Kier molecular flexibility index (Phi) is 5.59. The first kappa shape index (κ1) is 17.5. The second-order valence-corrected chi connectivity index (χ2v) is 5.52. The lowest BCUT2D eigenvalue weighted by atomic mass is 10.1. The Labute approximate surface area is 147 Å². The van der Waals surface area contributed by atoms with Gasteiger partial charge in [0.25, 0.3) is 5.91 Å². The molecular weight excluding hydrogens is 351 g/mol. The number of carbonyl (C=O) groups excluding carboxylic acids is 1. The highest BCUT2D eigenvalue weighted by Crippen LogP contribution is 2.23. The number of carboxylic acids is 1. The van der Waals surface area contributed by atoms with Gasteiger partial charge in [-0.2, -0.15) is 5.26 Å². The van der Waals surface area contributed by atoms with Crippen molar-refractivity contribution in [1.82, 2.24) is 0 Å². The van der Waals surface area contributed by atoms with Crippen LogP contribution in [0.25, 0.3) is 6.08 Å². The van der Waals surface area contributed by atoms with Crippen LogP contribution in [0.5, 0.6) is 0 Å². The van der Waals surface area contributed by atoms with Gasteiger partial charge in [-0.1, -0.05) is 29.3 Å². The molecule has 7 heteroatoms. The summed E-state index contributed by atoms with van der Waals surface area (Å²) in [6, 6.07) is 12.1. The van der Waals surface area contributed by atoms with E-state index in [0.29, 0.717) is 21.3 Å². The summed E-state index contributed by atoms with van der Waals surface area (Å²) in [5.74, 6) is -1.70. The number of benzene rings is 2. The number of hydrogen-bond acceptors (Lipinski definition) is 3. The van der Waals surface area contributed by atoms with Gasteiger partial charge in [0.15, 0.2) is 0 Å². The number of nitriles is 1. The molecule has 0 aliphatic heterocycles. The van der Waals surface area contributed by atoms with E-state index in [9.17, 15) is 14.9 Å². The van der Waals surface area contributed by atoms with Crippen LogP contribution in [-0.4, -0.2) is 17.0 Å². The third-order valence-electron chi connectivity index (χ3n) is 3.02. The van der Waals surface area contributed by atoms with Crippen LogP contribution < -0.4 is 5.32 Å². The number of halogens is 2. The van der Waals surface area contributed by atoms with E-state index in [4.69, 9.17) is 28.3 Å². The first-order valence-electron chi connectivity index (χ1n) is 6.62. The number of aromatic carboxylic acids is 1. The molecule has 0 heterocycles. The molecule has 2 N–H and O–H groups in total. The van der Waals surface area contributed by atoms with Gasteiger partial charge in [-0.3, -0.25) is 4.79 Å². The molecular formula is C17H10Cl2N2O3. The molecule has 0 atom stereocenters. The summed E-state index contributed by atoms with van der Waals surface area (Å²) in [4.78, 5) is 22.9. The highest BCUT2D eigenvalue weighted by molar-refractivity contribution is 6.35. The van der Waals surface area contributed by atoms with Crippen LogP contribution in [0.2, 0.25) is 10.0 Å². The largest absolute Gasteiger partial charge is 0.478 e. The van der Waals surface area contributed by atoms with Gasteiger partial charge in [0.05, 0.1) is 5.56 Å². The van der Waals surface area contributed by atoms with Crippen molar-refractivity contribution in [2.75, 3.05) is 5.32 Å². The lowest BCUT2D eigenvalue weighted by Gasteiger charge is -2.05. The van der Waals surface area contributed by atoms with Gasteiger partial charge >= 0.3 is 5.97 Å². The predicted octanol–water partition coefficient (Wildman–Crippen LogP) is 4.24. The third-order valence-corrected chi connectivity index (χ3v) is 3.58. The lowest BCUT2D eigenvalue weighted by Crippen LogP contribution is -2.13. The molecule has 0 aliphatic carbocycles. The topological polar surface area (TPSA) is 90.2 Å². The average molecular weight is 361 g/mol. The quantitative estimate of drug-likeness (QED) is 0.630. The number of rotatable bonds is 4. The second kappa shape index (κ2) is 7.64. The van der Waals surface area contributed by atoms with E-state index in [1.54, 1.807) is 18.2 Å². The Balaban J connectivity index is 2.21. The van der Waals surface area contributed by atoms with Crippen molar-refractivity contribution < 1.29 is 14.7 Å². The summed E-state index contributed by atoms with van der Waals surface area (Å²) in [6.07, 6.45) is 1.35. The van der Waals surface area contributed by atoms with Crippen molar-refractivity contribution in [3.8, 4) is 6.07 Å². The number of carbonyl (C=O) groups is 2. The summed E-state index contributed by atoms with van der Waals surface area (Å²) in [5.41, 5.74) is 0.792. The van der Waals surface area contributed by atoms with Crippen molar-refractivity contribution in [1.29, 1.82) is 5.26 Å². The zero-order valence-corrected chi connectivity index (χ0v) is 13.6. The molecule has 0 bridgehead atoms. The van der Waals surface area contributed by atoms with E-state index in [-0.39, 0.29) is 11.1 Å². The summed E-state index contributed by atoms with van der Waals surface area (Å²) in [7, 11) is 0. The van der Waals surface area contributed by atoms with Gasteiger partial charge in [-0.15, -0.1) is 0 Å². The summed E-state index contributed by atoms with van der Waals surface area (Å²) in [5, 5.41) is 21.3. The summed E-state index contributed by atoms with van der Waals surface area (Å²) in [6.45, 7) is 0. The molecule has 2 aromatic carbocycles. The molecule has 0 aliphatic rings. The minimum absolute atomic E-state index is 0.0944. The number of nitrogens with one attached hydrogen (secondary N) is 1. The SMILES string of the molecule is N#CC(=Cc1ccc(Cl)cc1Cl)C(=O)Nc1ccc(C(=O)O)cc1. The Morgan fingerprint density at radius 1 is 1.12 bits per heavy atom. The molecule has 0 saturated heterocycles. The maximum Gasteiger partial charge on any atom is 0.335 e. The van der Waals surface area contributed by atoms with E-state index in [0.717, 1.165) is 0 Å². The van der Waals surface area contributed by atoms with Crippen molar-refractivity contribution in [3.63, 3.8) is 0 Å². The molecule has 0 spiro atoms. The highest BCUT2D eigenvalue weighted by Gasteiger charge is 2.11. The van der Waals surface area contributed by atoms with Crippen LogP contribution in [-0.2, 0) is 4.79 Å². The zero-order chi connectivity index (χ0) is 17.7. The number of carboxylic acid groups (broad SMARTS) is 1. The number of nitrogens with zero attached hydrogens (tertiary/aromatic N) is 1. The molecule has 0 saturated carbocycles. The molecule has 0 fully saturated rings. The van der Waals surface area contributed by atoms with E-state index in [1.807, 2.05) is 0 Å². The number of amides is 1. The van der Waals surface area contributed by atoms with Gasteiger partial charge < -0.3 is 10.4 Å². The van der Waals surface area contributed by atoms with E-state index >= 15 is 0 Å². The molecule has 5 nitrogen and oxygen atoms in total. The van der Waals surface area contributed by atoms with Crippen molar-refractivity contribution in [2.45, 2.75) is 0 Å². The van der Waals surface area contributed by atoms with Gasteiger partial charge in [0.2, 0.25) is 0 Å². The zero-order valence-electron chi connectivity index (χ0n) is 12.1. The summed E-state index contributed by atoms with van der Waals surface area (Å²) >= 11 is 11.8. The fourth-order valence-corrected chi connectivity index (χ4v) is 2.28. The minimum Gasteiger partial charge on any atom is -0.478 e. The van der Waals surface area contributed by atoms with Crippen LogP contribution >= 0.6 is 23.2 Å². The number of hydrogen-bond donors (Lipinski definition) is 2. The molecule has 24 heavy (non-hydrogen) atoms. The van der Waals surface area contributed by atoms with E-state index in [1.165, 1.54) is 36.4 Å². The smallest absolute Gasteiger partial charge is 0.335 e. The second-order valence-electron chi connectivity index (χ2n) is 4.67. The van der Waals surface area contributed by atoms with Crippen LogP contribution in [0.4, 0.5) is 5.69 Å². The number of anilines is 1. The summed E-state index contributed by atoms with van der Waals surface area (Å²) < 4.78 is 0. The predicted molar refractivity (Wildman–Crippen MR) is 92.1 cm³/mol. The van der Waals surface area contributed by atoms with Crippen molar-refractivity contribution >= 4 is 46.8 Å². The molecule has 0 unspecified atom stereocenters. The van der Waals surface area contributed by atoms with Crippen LogP contribution in [0.3, 0.4) is 0 Å². The van der Waals surface area contributed by atoms with Gasteiger partial charge in [-0.25, -0.2) is 4.79 Å². The molecule has 2 aromatic rings. The Morgan fingerprint density at radius 3 is 2.33 bits per heavy atom.